The summed E-state index contributed by atoms with van der Waals surface area (Å²) in [6, 6.07) is 0. The first-order valence-electron chi connectivity index (χ1n) is 7.80. The van der Waals surface area contributed by atoms with E-state index in [1.165, 1.54) is 0 Å². The molecule has 1 saturated heterocycles. The Balaban J connectivity index is 2.24. The summed E-state index contributed by atoms with van der Waals surface area (Å²) in [7, 11) is -17.0. The molecular formula is C10H15Cl2FN3O13P3. The number of alkyl halides is 2. The Hall–Kier alpha value is -0.480. The second kappa shape index (κ2) is 9.64. The standard InChI is InChI=1S/C10H15Cl2FN3O13P3/c11-2-10(3-26-31(22,23)29-32(24,25)28-30(19,20)21)6(17)5(12)8(27-10)16-1-4(13)7(14)15-9(16)18/h1,5-6,8,17H,2-3H2,(H,22,23)(H,24,25)(H2,14,15,18)(H2,19,20,21)/t5-,6+,8-,10-/m1/s1. The first-order chi connectivity index (χ1) is 14.4. The topological polar surface area (TPSA) is 250 Å². The quantitative estimate of drug-likeness (QED) is 0.166. The number of nitrogen functional groups attached to an aromatic ring is 1. The first kappa shape index (κ1) is 27.8. The Morgan fingerprint density at radius 1 is 1.25 bits per heavy atom. The van der Waals surface area contributed by atoms with E-state index in [0.29, 0.717) is 10.8 Å². The van der Waals surface area contributed by atoms with Crippen LogP contribution in [0.2, 0.25) is 0 Å². The van der Waals surface area contributed by atoms with Crippen molar-refractivity contribution in [3.8, 4) is 0 Å². The molecule has 1 aromatic rings. The molecule has 1 aliphatic heterocycles. The summed E-state index contributed by atoms with van der Waals surface area (Å²) in [5.74, 6) is -2.58. The summed E-state index contributed by atoms with van der Waals surface area (Å²) in [6.07, 6.45) is -2.90. The van der Waals surface area contributed by atoms with Gasteiger partial charge in [-0.1, -0.05) is 0 Å². The van der Waals surface area contributed by atoms with Crippen molar-refractivity contribution in [3.05, 3.63) is 22.5 Å². The van der Waals surface area contributed by atoms with Crippen LogP contribution in [0.3, 0.4) is 0 Å². The van der Waals surface area contributed by atoms with Crippen molar-refractivity contribution in [2.45, 2.75) is 23.3 Å². The third kappa shape index (κ3) is 6.56. The highest BCUT2D eigenvalue weighted by Gasteiger charge is 2.56. The van der Waals surface area contributed by atoms with Gasteiger partial charge in [0.25, 0.3) is 0 Å². The van der Waals surface area contributed by atoms with Crippen molar-refractivity contribution in [2.24, 2.45) is 0 Å². The van der Waals surface area contributed by atoms with E-state index in [2.05, 4.69) is 18.1 Å². The van der Waals surface area contributed by atoms with Crippen LogP contribution < -0.4 is 11.4 Å². The van der Waals surface area contributed by atoms with Crippen LogP contribution in [0.25, 0.3) is 0 Å². The van der Waals surface area contributed by atoms with Gasteiger partial charge in [0.2, 0.25) is 0 Å². The first-order valence-corrected chi connectivity index (χ1v) is 13.3. The van der Waals surface area contributed by atoms with Crippen molar-refractivity contribution in [2.75, 3.05) is 18.2 Å². The minimum atomic E-state index is -5.80. The number of hydrogen-bond acceptors (Lipinski definition) is 11. The van der Waals surface area contributed by atoms with Gasteiger partial charge in [-0.05, 0) is 0 Å². The smallest absolute Gasteiger partial charge is 0.388 e. The van der Waals surface area contributed by atoms with Crippen LogP contribution in [-0.2, 0) is 31.6 Å². The van der Waals surface area contributed by atoms with Gasteiger partial charge >= 0.3 is 29.2 Å². The zero-order valence-electron chi connectivity index (χ0n) is 15.2. The number of rotatable bonds is 9. The number of aliphatic hydroxyl groups excluding tert-OH is 1. The van der Waals surface area contributed by atoms with Crippen molar-refractivity contribution in [3.63, 3.8) is 0 Å². The molecule has 1 aromatic heterocycles. The molecule has 16 nitrogen and oxygen atoms in total. The molecule has 2 rings (SSSR count). The number of nitrogens with two attached hydrogens (primary N) is 1. The lowest BCUT2D eigenvalue weighted by Crippen LogP contribution is -2.47. The Kier molecular flexibility index (Phi) is 8.37. The van der Waals surface area contributed by atoms with E-state index in [-0.39, 0.29) is 0 Å². The average molecular weight is 568 g/mol. The molecule has 22 heteroatoms. The van der Waals surface area contributed by atoms with Crippen LogP contribution in [0.5, 0.6) is 0 Å². The number of hydrogen-bond donors (Lipinski definition) is 6. The fraction of sp³-hybridized carbons (Fsp3) is 0.600. The second-order valence-corrected chi connectivity index (χ2v) is 11.3. The van der Waals surface area contributed by atoms with Gasteiger partial charge in [-0.3, -0.25) is 9.09 Å². The van der Waals surface area contributed by atoms with Gasteiger partial charge in [0.1, 0.15) is 17.1 Å². The lowest BCUT2D eigenvalue weighted by atomic mass is 10.00. The molecule has 0 saturated carbocycles. The maximum Gasteiger partial charge on any atom is 0.490 e. The normalized spacial score (nSPS) is 30.1. The molecular weight excluding hydrogens is 553 g/mol. The number of halogens is 3. The zero-order valence-corrected chi connectivity index (χ0v) is 19.4. The van der Waals surface area contributed by atoms with Gasteiger partial charge in [-0.2, -0.15) is 13.6 Å². The van der Waals surface area contributed by atoms with Gasteiger partial charge < -0.3 is 35.2 Å². The number of phosphoric acid groups is 3. The monoisotopic (exact) mass is 567 g/mol. The summed E-state index contributed by atoms with van der Waals surface area (Å²) >= 11 is 11.8. The van der Waals surface area contributed by atoms with Crippen LogP contribution in [0.1, 0.15) is 6.23 Å². The van der Waals surface area contributed by atoms with Crippen molar-refractivity contribution in [1.82, 2.24) is 9.55 Å². The predicted molar refractivity (Wildman–Crippen MR) is 102 cm³/mol. The number of nitrogens with zero attached hydrogens (tertiary/aromatic N) is 2. The van der Waals surface area contributed by atoms with E-state index >= 15 is 0 Å². The minimum Gasteiger partial charge on any atom is -0.388 e. The van der Waals surface area contributed by atoms with E-state index in [4.69, 9.17) is 48.4 Å². The zero-order chi connectivity index (χ0) is 24.7. The molecule has 7 N–H and O–H groups in total. The van der Waals surface area contributed by atoms with E-state index in [1.807, 2.05) is 0 Å². The van der Waals surface area contributed by atoms with Crippen molar-refractivity contribution < 1.29 is 60.6 Å². The van der Waals surface area contributed by atoms with Gasteiger partial charge in [0.05, 0.1) is 18.7 Å². The van der Waals surface area contributed by atoms with Crippen LogP contribution in [0.15, 0.2) is 11.0 Å². The molecule has 6 atom stereocenters. The third-order valence-electron chi connectivity index (χ3n) is 3.79. The van der Waals surface area contributed by atoms with Crippen LogP contribution in [-0.4, -0.2) is 63.8 Å². The van der Waals surface area contributed by atoms with Crippen molar-refractivity contribution in [1.29, 1.82) is 0 Å². The highest BCUT2D eigenvalue weighted by atomic mass is 35.5. The molecule has 0 spiro atoms. The van der Waals surface area contributed by atoms with Crippen LogP contribution in [0.4, 0.5) is 10.2 Å². The Morgan fingerprint density at radius 3 is 2.38 bits per heavy atom. The Bertz CT molecular complexity index is 1070. The SMILES string of the molecule is Nc1nc(=O)n([C@@H]2O[C@](CCl)(COP(=O)(O)OP(=O)(O)OP(=O)(O)O)[C@@H](O)[C@H]2Cl)cc1F. The number of aliphatic hydroxyl groups is 1. The molecule has 0 radical (unpaired) electrons. The van der Waals surface area contributed by atoms with E-state index in [9.17, 15) is 32.9 Å². The van der Waals surface area contributed by atoms with Crippen LogP contribution in [0, 0.1) is 5.82 Å². The molecule has 0 bridgehead atoms. The van der Waals surface area contributed by atoms with Crippen molar-refractivity contribution >= 4 is 52.5 Å². The average Bonchev–Trinajstić information content (AvgIpc) is 2.85. The molecule has 0 amide bonds. The second-order valence-electron chi connectivity index (χ2n) is 6.12. The fourth-order valence-electron chi connectivity index (χ4n) is 2.43. The lowest BCUT2D eigenvalue weighted by molar-refractivity contribution is -0.112. The Labute approximate surface area is 187 Å². The summed E-state index contributed by atoms with van der Waals surface area (Å²) in [5.41, 5.74) is 1.88. The highest BCUT2D eigenvalue weighted by molar-refractivity contribution is 7.66. The van der Waals surface area contributed by atoms with Gasteiger partial charge in [-0.15, -0.1) is 23.2 Å². The summed E-state index contributed by atoms with van der Waals surface area (Å²) in [4.78, 5) is 50.9. The molecule has 2 unspecified atom stereocenters. The molecule has 2 heterocycles. The van der Waals surface area contributed by atoms with E-state index in [0.717, 1.165) is 0 Å². The predicted octanol–water partition coefficient (Wildman–Crippen LogP) is -0.217. The van der Waals surface area contributed by atoms with Gasteiger partial charge in [0, 0.05) is 0 Å². The summed E-state index contributed by atoms with van der Waals surface area (Å²) in [5, 5.41) is 8.89. The largest absolute Gasteiger partial charge is 0.490 e. The van der Waals surface area contributed by atoms with E-state index in [1.54, 1.807) is 0 Å². The summed E-state index contributed by atoms with van der Waals surface area (Å²) in [6.45, 7) is -1.18. The molecule has 0 aliphatic carbocycles. The lowest BCUT2D eigenvalue weighted by Gasteiger charge is -2.30. The maximum absolute atomic E-state index is 13.7. The summed E-state index contributed by atoms with van der Waals surface area (Å²) < 4.78 is 65.1. The fourth-order valence-corrected chi connectivity index (χ4v) is 6.21. The minimum absolute atomic E-state index is 0.520. The molecule has 1 fully saturated rings. The molecule has 1 aliphatic rings. The van der Waals surface area contributed by atoms with E-state index < -0.39 is 76.6 Å². The molecule has 0 aromatic carbocycles. The van der Waals surface area contributed by atoms with Gasteiger partial charge in [-0.25, -0.2) is 22.9 Å². The molecule has 32 heavy (non-hydrogen) atoms. The van der Waals surface area contributed by atoms with Gasteiger partial charge in [0.15, 0.2) is 17.9 Å². The Morgan fingerprint density at radius 2 is 1.84 bits per heavy atom. The third-order valence-corrected chi connectivity index (χ3v) is 8.48. The van der Waals surface area contributed by atoms with Crippen LogP contribution >= 0.6 is 46.7 Å². The highest BCUT2D eigenvalue weighted by Crippen LogP contribution is 2.66. The maximum atomic E-state index is 13.7. The number of ether oxygens (including phenoxy) is 1. The molecule has 184 valence electrons. The number of phosphoric ester groups is 1. The number of anilines is 1. The number of aromatic nitrogens is 2.